The van der Waals surface area contributed by atoms with E-state index in [-0.39, 0.29) is 23.6 Å². The van der Waals surface area contributed by atoms with E-state index in [2.05, 4.69) is 31.2 Å². The van der Waals surface area contributed by atoms with E-state index < -0.39 is 18.8 Å². The topological polar surface area (TPSA) is 81.9 Å². The van der Waals surface area contributed by atoms with Crippen LogP contribution in [0, 0.1) is 5.92 Å². The van der Waals surface area contributed by atoms with E-state index in [1.807, 2.05) is 19.2 Å². The largest absolute Gasteiger partial charge is 0.467 e. The first-order chi connectivity index (χ1) is 14.2. The van der Waals surface area contributed by atoms with Gasteiger partial charge in [0.2, 0.25) is 11.8 Å². The number of aryl methyl sites for hydroxylation is 1. The van der Waals surface area contributed by atoms with Crippen molar-refractivity contribution in [3.63, 3.8) is 0 Å². The second-order valence-electron chi connectivity index (χ2n) is 7.45. The van der Waals surface area contributed by atoms with E-state index in [1.165, 1.54) is 6.20 Å². The zero-order chi connectivity index (χ0) is 21.5. The molecular formula is C20H20F3N5O2. The average molecular weight is 419 g/mol. The Morgan fingerprint density at radius 1 is 1.30 bits per heavy atom. The van der Waals surface area contributed by atoms with Gasteiger partial charge in [-0.1, -0.05) is 12.1 Å². The van der Waals surface area contributed by atoms with Crippen molar-refractivity contribution in [2.45, 2.75) is 31.5 Å². The molecule has 1 fully saturated rings. The fourth-order valence-corrected chi connectivity index (χ4v) is 3.42. The second-order valence-corrected chi connectivity index (χ2v) is 7.45. The van der Waals surface area contributed by atoms with Crippen LogP contribution in [0.2, 0.25) is 0 Å². The molecule has 3 aromatic rings. The lowest BCUT2D eigenvalue weighted by molar-refractivity contribution is -0.154. The SMILES string of the molecule is CC(NC(=O)[C@@H]1C[C@H]1c1ccc2cnn(C)c2c1)c1cnc(OCC(F)(F)F)cn1. The third-order valence-corrected chi connectivity index (χ3v) is 5.16. The summed E-state index contributed by atoms with van der Waals surface area (Å²) in [5, 5.41) is 8.18. The fraction of sp³-hybridized carbons (Fsp3) is 0.400. The van der Waals surface area contributed by atoms with Crippen LogP contribution in [0.5, 0.6) is 5.88 Å². The lowest BCUT2D eigenvalue weighted by Crippen LogP contribution is -2.29. The maximum atomic E-state index is 12.6. The van der Waals surface area contributed by atoms with Crippen LogP contribution in [0.1, 0.15) is 36.6 Å². The molecule has 1 aliphatic rings. The Balaban J connectivity index is 1.34. The van der Waals surface area contributed by atoms with Crippen molar-refractivity contribution in [2.24, 2.45) is 13.0 Å². The number of benzene rings is 1. The summed E-state index contributed by atoms with van der Waals surface area (Å²) in [6.07, 6.45) is 0.546. The predicted molar refractivity (Wildman–Crippen MR) is 102 cm³/mol. The maximum absolute atomic E-state index is 12.6. The number of carbonyl (C=O) groups excluding carboxylic acids is 1. The summed E-state index contributed by atoms with van der Waals surface area (Å²) in [5.41, 5.74) is 2.57. The molecule has 1 N–H and O–H groups in total. The van der Waals surface area contributed by atoms with Gasteiger partial charge in [-0.15, -0.1) is 0 Å². The van der Waals surface area contributed by atoms with Crippen LogP contribution in [0.15, 0.2) is 36.8 Å². The molecule has 0 radical (unpaired) electrons. The molecule has 1 amide bonds. The normalized spacial score (nSPS) is 19.5. The number of amides is 1. The summed E-state index contributed by atoms with van der Waals surface area (Å²) >= 11 is 0. The van der Waals surface area contributed by atoms with Gasteiger partial charge in [0.15, 0.2) is 6.61 Å². The Morgan fingerprint density at radius 3 is 2.80 bits per heavy atom. The number of hydrogen-bond donors (Lipinski definition) is 1. The number of hydrogen-bond acceptors (Lipinski definition) is 5. The van der Waals surface area contributed by atoms with Crippen LogP contribution in [-0.4, -0.2) is 38.4 Å². The highest BCUT2D eigenvalue weighted by atomic mass is 19.4. The van der Waals surface area contributed by atoms with Gasteiger partial charge in [-0.25, -0.2) is 4.98 Å². The Hall–Kier alpha value is -3.17. The molecule has 0 aliphatic heterocycles. The van der Waals surface area contributed by atoms with Crippen molar-refractivity contribution in [1.82, 2.24) is 25.1 Å². The second kappa shape index (κ2) is 7.58. The zero-order valence-corrected chi connectivity index (χ0v) is 16.3. The van der Waals surface area contributed by atoms with Gasteiger partial charge < -0.3 is 10.1 Å². The van der Waals surface area contributed by atoms with Crippen LogP contribution in [0.25, 0.3) is 10.9 Å². The average Bonchev–Trinajstić information content (AvgIpc) is 3.43. The Labute approximate surface area is 170 Å². The number of fused-ring (bicyclic) bond motifs is 1. The number of alkyl halides is 3. The molecule has 7 nitrogen and oxygen atoms in total. The van der Waals surface area contributed by atoms with Crippen LogP contribution in [0.4, 0.5) is 13.2 Å². The molecular weight excluding hydrogens is 399 g/mol. The Morgan fingerprint density at radius 2 is 2.10 bits per heavy atom. The molecule has 1 aromatic carbocycles. The molecule has 0 spiro atoms. The summed E-state index contributed by atoms with van der Waals surface area (Å²) < 4.78 is 42.9. The zero-order valence-electron chi connectivity index (χ0n) is 16.3. The number of aromatic nitrogens is 4. The van der Waals surface area contributed by atoms with Crippen molar-refractivity contribution in [3.05, 3.63) is 48.0 Å². The molecule has 2 aromatic heterocycles. The third kappa shape index (κ3) is 4.37. The fourth-order valence-electron chi connectivity index (χ4n) is 3.42. The molecule has 1 aliphatic carbocycles. The first-order valence-electron chi connectivity index (χ1n) is 9.45. The quantitative estimate of drug-likeness (QED) is 0.663. The number of carbonyl (C=O) groups is 1. The van der Waals surface area contributed by atoms with Gasteiger partial charge in [-0.3, -0.25) is 14.5 Å². The molecule has 0 bridgehead atoms. The van der Waals surface area contributed by atoms with Crippen LogP contribution in [-0.2, 0) is 11.8 Å². The Bertz CT molecular complexity index is 1060. The van der Waals surface area contributed by atoms with Crippen molar-refractivity contribution < 1.29 is 22.7 Å². The van der Waals surface area contributed by atoms with Gasteiger partial charge in [0, 0.05) is 18.4 Å². The van der Waals surface area contributed by atoms with Gasteiger partial charge >= 0.3 is 6.18 Å². The summed E-state index contributed by atoms with van der Waals surface area (Å²) in [6.45, 7) is 0.318. The minimum Gasteiger partial charge on any atom is -0.467 e. The summed E-state index contributed by atoms with van der Waals surface area (Å²) in [4.78, 5) is 20.5. The van der Waals surface area contributed by atoms with Crippen molar-refractivity contribution >= 4 is 16.8 Å². The van der Waals surface area contributed by atoms with E-state index >= 15 is 0 Å². The van der Waals surface area contributed by atoms with Gasteiger partial charge in [0.25, 0.3) is 0 Å². The monoisotopic (exact) mass is 419 g/mol. The number of rotatable bonds is 6. The van der Waals surface area contributed by atoms with E-state index in [0.717, 1.165) is 29.1 Å². The highest BCUT2D eigenvalue weighted by molar-refractivity contribution is 5.84. The molecule has 10 heteroatoms. The molecule has 0 saturated heterocycles. The highest BCUT2D eigenvalue weighted by Crippen LogP contribution is 2.48. The molecule has 30 heavy (non-hydrogen) atoms. The predicted octanol–water partition coefficient (Wildman–Crippen LogP) is 3.29. The smallest absolute Gasteiger partial charge is 0.422 e. The van der Waals surface area contributed by atoms with Gasteiger partial charge in [0.1, 0.15) is 0 Å². The van der Waals surface area contributed by atoms with Gasteiger partial charge in [-0.2, -0.15) is 18.3 Å². The summed E-state index contributed by atoms with van der Waals surface area (Å²) in [6, 6.07) is 5.67. The first-order valence-corrected chi connectivity index (χ1v) is 9.45. The Kier molecular flexibility index (Phi) is 5.08. The molecule has 1 saturated carbocycles. The number of ether oxygens (including phenoxy) is 1. The summed E-state index contributed by atoms with van der Waals surface area (Å²) in [7, 11) is 1.88. The van der Waals surface area contributed by atoms with E-state index in [9.17, 15) is 18.0 Å². The lowest BCUT2D eigenvalue weighted by Gasteiger charge is -2.14. The van der Waals surface area contributed by atoms with E-state index in [0.29, 0.717) is 5.69 Å². The number of nitrogens with zero attached hydrogens (tertiary/aromatic N) is 4. The lowest BCUT2D eigenvalue weighted by atomic mass is 10.1. The minimum absolute atomic E-state index is 0.0863. The molecule has 3 atom stereocenters. The van der Waals surface area contributed by atoms with E-state index in [4.69, 9.17) is 0 Å². The third-order valence-electron chi connectivity index (χ3n) is 5.16. The molecule has 1 unspecified atom stereocenters. The number of halogens is 3. The standard InChI is InChI=1S/C20H20F3N5O2/c1-11(16-8-25-18(9-24-16)30-10-20(21,22)23)27-19(29)15-6-14(15)12-3-4-13-7-26-28(2)17(13)5-12/h3-5,7-9,11,14-15H,6,10H2,1-2H3,(H,27,29)/t11?,14-,15+/m0/s1. The van der Waals surface area contributed by atoms with Crippen LogP contribution in [0.3, 0.4) is 0 Å². The van der Waals surface area contributed by atoms with Crippen molar-refractivity contribution in [2.75, 3.05) is 6.61 Å². The molecule has 4 rings (SSSR count). The van der Waals surface area contributed by atoms with Crippen molar-refractivity contribution in [3.8, 4) is 5.88 Å². The van der Waals surface area contributed by atoms with Gasteiger partial charge in [-0.05, 0) is 30.9 Å². The highest BCUT2D eigenvalue weighted by Gasteiger charge is 2.44. The summed E-state index contributed by atoms with van der Waals surface area (Å²) in [5.74, 6) is -0.277. The van der Waals surface area contributed by atoms with Gasteiger partial charge in [0.05, 0.1) is 35.8 Å². The molecule has 2 heterocycles. The molecule has 158 valence electrons. The first kappa shape index (κ1) is 20.1. The number of nitrogens with one attached hydrogen (secondary N) is 1. The maximum Gasteiger partial charge on any atom is 0.422 e. The minimum atomic E-state index is -4.44. The van der Waals surface area contributed by atoms with E-state index in [1.54, 1.807) is 17.8 Å². The van der Waals surface area contributed by atoms with Crippen LogP contribution < -0.4 is 10.1 Å². The van der Waals surface area contributed by atoms with Crippen LogP contribution >= 0.6 is 0 Å². The van der Waals surface area contributed by atoms with Crippen molar-refractivity contribution in [1.29, 1.82) is 0 Å².